The first-order chi connectivity index (χ1) is 14.8. The number of carbonyl (C=O) groups is 1. The van der Waals surface area contributed by atoms with Crippen LogP contribution in [0.15, 0.2) is 16.6 Å². The lowest BCUT2D eigenvalue weighted by atomic mass is 9.77. The van der Waals surface area contributed by atoms with E-state index < -0.39 is 0 Å². The van der Waals surface area contributed by atoms with E-state index in [1.54, 1.807) is 0 Å². The molecule has 2 rings (SSSR count). The highest BCUT2D eigenvalue weighted by molar-refractivity contribution is 6.20. The van der Waals surface area contributed by atoms with Gasteiger partial charge in [0.05, 0.1) is 0 Å². The molecule has 1 heterocycles. The third kappa shape index (κ3) is 6.27. The number of aromatic hydroxyl groups is 1. The number of rotatable bonds is 8. The van der Waals surface area contributed by atoms with Crippen molar-refractivity contribution in [2.75, 3.05) is 13.1 Å². The Morgan fingerprint density at radius 1 is 1.12 bits per heavy atom. The molecule has 0 radical (unpaired) electrons. The van der Waals surface area contributed by atoms with Crippen LogP contribution >= 0.6 is 11.8 Å². The van der Waals surface area contributed by atoms with E-state index in [-0.39, 0.29) is 22.5 Å². The third-order valence-electron chi connectivity index (χ3n) is 6.96. The molecule has 1 N–H and O–H groups in total. The molecule has 0 spiro atoms. The van der Waals surface area contributed by atoms with E-state index in [9.17, 15) is 9.90 Å². The molecule has 1 aromatic rings. The van der Waals surface area contributed by atoms with Gasteiger partial charge in [0.15, 0.2) is 5.78 Å². The molecule has 180 valence electrons. The average molecular weight is 463 g/mol. The summed E-state index contributed by atoms with van der Waals surface area (Å²) in [5.41, 5.74) is 1.78. The number of nitrogens with zero attached hydrogens (tertiary/aromatic N) is 2. The fraction of sp³-hybridized carbons (Fsp3) is 0.704. The monoisotopic (exact) mass is 462 g/mol. The van der Waals surface area contributed by atoms with Gasteiger partial charge < -0.3 is 10.0 Å². The molecule has 1 aliphatic heterocycles. The zero-order chi connectivity index (χ0) is 24.3. The normalized spacial score (nSPS) is 18.8. The molecule has 0 amide bonds. The maximum absolute atomic E-state index is 13.4. The topological polar surface area (TPSA) is 52.9 Å². The summed E-state index contributed by atoms with van der Waals surface area (Å²) in [6, 6.07) is 3.76. The van der Waals surface area contributed by atoms with Gasteiger partial charge in [-0.3, -0.25) is 4.79 Å². The summed E-state index contributed by atoms with van der Waals surface area (Å²) in [5, 5.41) is 11.0. The van der Waals surface area contributed by atoms with Crippen molar-refractivity contribution in [3.8, 4) is 5.75 Å². The molecular weight excluding hydrogens is 420 g/mol. The van der Waals surface area contributed by atoms with E-state index in [1.165, 1.54) is 12.8 Å². The lowest BCUT2D eigenvalue weighted by Gasteiger charge is -2.28. The summed E-state index contributed by atoms with van der Waals surface area (Å²) in [6.45, 7) is 18.7. The molecule has 1 aliphatic rings. The first-order valence-corrected chi connectivity index (χ1v) is 12.5. The van der Waals surface area contributed by atoms with Gasteiger partial charge in [-0.25, -0.2) is 0 Å². The number of likely N-dealkylation sites (tertiary alicyclic amines) is 1. The number of phenols is 1. The van der Waals surface area contributed by atoms with Gasteiger partial charge in [-0.1, -0.05) is 68.2 Å². The Kier molecular flexibility index (Phi) is 8.83. The molecule has 0 aromatic heterocycles. The van der Waals surface area contributed by atoms with Crippen molar-refractivity contribution in [2.24, 2.45) is 16.3 Å². The van der Waals surface area contributed by atoms with Gasteiger partial charge >= 0.3 is 0 Å². The summed E-state index contributed by atoms with van der Waals surface area (Å²) >= 11 is 6.00. The van der Waals surface area contributed by atoms with Crippen molar-refractivity contribution in [3.05, 3.63) is 28.8 Å². The van der Waals surface area contributed by atoms with Gasteiger partial charge in [0.1, 0.15) is 11.6 Å². The predicted molar refractivity (Wildman–Crippen MR) is 136 cm³/mol. The van der Waals surface area contributed by atoms with Crippen LogP contribution in [-0.4, -0.2) is 34.7 Å². The number of ketones is 1. The van der Waals surface area contributed by atoms with Crippen molar-refractivity contribution in [2.45, 2.75) is 98.3 Å². The molecule has 1 saturated heterocycles. The van der Waals surface area contributed by atoms with E-state index in [0.717, 1.165) is 48.8 Å². The number of amidine groups is 1. The van der Waals surface area contributed by atoms with E-state index in [1.807, 2.05) is 12.1 Å². The quantitative estimate of drug-likeness (QED) is 0.413. The second kappa shape index (κ2) is 10.6. The van der Waals surface area contributed by atoms with Crippen LogP contribution in [0.1, 0.15) is 109 Å². The Balaban J connectivity index is 2.25. The number of benzene rings is 1. The van der Waals surface area contributed by atoms with E-state index in [2.05, 4.69) is 64.8 Å². The van der Waals surface area contributed by atoms with Crippen molar-refractivity contribution >= 4 is 23.4 Å². The summed E-state index contributed by atoms with van der Waals surface area (Å²) in [6.07, 6.45) is 4.80. The number of carbonyl (C=O) groups excluding carboxylic acids is 1. The lowest BCUT2D eigenvalue weighted by Crippen LogP contribution is -2.30. The van der Waals surface area contributed by atoms with Gasteiger partial charge in [0.2, 0.25) is 0 Å². The molecule has 0 saturated carbocycles. The van der Waals surface area contributed by atoms with E-state index >= 15 is 0 Å². The van der Waals surface area contributed by atoms with Gasteiger partial charge in [0.25, 0.3) is 0 Å². The second-order valence-electron chi connectivity index (χ2n) is 11.4. The Hall–Kier alpha value is -1.55. The molecule has 0 aliphatic carbocycles. The van der Waals surface area contributed by atoms with Gasteiger partial charge in [0, 0.05) is 53.9 Å². The standard InChI is InChI=1S/C27H43ClN2O2/c1-9-18(10-2)11-13-30-14-12-19(25(30)29-28)17-23(31)20-15-21(26(3,4)5)24(32)22(16-20)27(6,7)8/h15-16,18-19,32H,9-14,17H2,1-8H3/b29-25+. The van der Waals surface area contributed by atoms with Crippen molar-refractivity contribution in [1.82, 2.24) is 4.90 Å². The third-order valence-corrected chi connectivity index (χ3v) is 7.14. The smallest absolute Gasteiger partial charge is 0.163 e. The highest BCUT2D eigenvalue weighted by atomic mass is 35.5. The molecular formula is C27H43ClN2O2. The lowest BCUT2D eigenvalue weighted by molar-refractivity contribution is 0.0972. The van der Waals surface area contributed by atoms with Crippen LogP contribution in [0.2, 0.25) is 0 Å². The summed E-state index contributed by atoms with van der Waals surface area (Å²) < 4.78 is 4.08. The molecule has 1 unspecified atom stereocenters. The van der Waals surface area contributed by atoms with Crippen molar-refractivity contribution < 1.29 is 9.90 Å². The second-order valence-corrected chi connectivity index (χ2v) is 11.6. The van der Waals surface area contributed by atoms with Crippen LogP contribution in [0.5, 0.6) is 5.75 Å². The highest BCUT2D eigenvalue weighted by Crippen LogP contribution is 2.40. The minimum Gasteiger partial charge on any atom is -0.507 e. The number of halogens is 1. The number of phenolic OH excluding ortho intramolecular Hbond substituents is 1. The van der Waals surface area contributed by atoms with E-state index in [0.29, 0.717) is 17.7 Å². The summed E-state index contributed by atoms with van der Waals surface area (Å²) in [5.74, 6) is 2.02. The van der Waals surface area contributed by atoms with Crippen molar-refractivity contribution in [3.63, 3.8) is 0 Å². The fourth-order valence-corrected chi connectivity index (χ4v) is 4.92. The van der Waals surface area contributed by atoms with Crippen molar-refractivity contribution in [1.29, 1.82) is 0 Å². The average Bonchev–Trinajstić information content (AvgIpc) is 3.08. The predicted octanol–water partition coefficient (Wildman–Crippen LogP) is 7.26. The van der Waals surface area contributed by atoms with Crippen LogP contribution in [0.25, 0.3) is 0 Å². The minimum absolute atomic E-state index is 0.0479. The number of hydrogen-bond donors (Lipinski definition) is 1. The molecule has 32 heavy (non-hydrogen) atoms. The highest BCUT2D eigenvalue weighted by Gasteiger charge is 2.33. The molecule has 1 atom stereocenters. The SMILES string of the molecule is CCC(CC)CCN1CCC(CC(=O)c2cc(C(C)(C)C)c(O)c(C(C)(C)C)c2)/C1=N\Cl. The van der Waals surface area contributed by atoms with Gasteiger partial charge in [-0.05, 0) is 41.7 Å². The molecule has 1 fully saturated rings. The zero-order valence-corrected chi connectivity index (χ0v) is 22.1. The van der Waals surface area contributed by atoms with Gasteiger partial charge in [-0.2, -0.15) is 4.51 Å². The maximum atomic E-state index is 13.4. The molecule has 1 aromatic carbocycles. The molecule has 4 nitrogen and oxygen atoms in total. The Labute approximate surface area is 200 Å². The van der Waals surface area contributed by atoms with Crippen LogP contribution in [-0.2, 0) is 10.8 Å². The summed E-state index contributed by atoms with van der Waals surface area (Å²) in [4.78, 5) is 15.7. The molecule has 5 heteroatoms. The van der Waals surface area contributed by atoms with E-state index in [4.69, 9.17) is 11.8 Å². The summed E-state index contributed by atoms with van der Waals surface area (Å²) in [7, 11) is 0. The minimum atomic E-state index is -0.262. The van der Waals surface area contributed by atoms with Crippen LogP contribution in [0.4, 0.5) is 0 Å². The van der Waals surface area contributed by atoms with Crippen LogP contribution < -0.4 is 0 Å². The number of Topliss-reactive ketones (excluding diaryl/α,β-unsaturated/α-hetero) is 1. The maximum Gasteiger partial charge on any atom is 0.163 e. The Morgan fingerprint density at radius 3 is 2.09 bits per heavy atom. The number of hydrogen-bond acceptors (Lipinski definition) is 3. The first-order valence-electron chi connectivity index (χ1n) is 12.2. The fourth-order valence-electron chi connectivity index (χ4n) is 4.67. The Bertz CT molecular complexity index is 794. The molecule has 0 bridgehead atoms. The zero-order valence-electron chi connectivity index (χ0n) is 21.4. The first kappa shape index (κ1) is 26.7. The van der Waals surface area contributed by atoms with Crippen LogP contribution in [0.3, 0.4) is 0 Å². The Morgan fingerprint density at radius 2 is 1.66 bits per heavy atom. The largest absolute Gasteiger partial charge is 0.507 e. The van der Waals surface area contributed by atoms with Gasteiger partial charge in [-0.15, -0.1) is 0 Å². The van der Waals surface area contributed by atoms with Crippen LogP contribution in [0, 0.1) is 11.8 Å².